The van der Waals surface area contributed by atoms with Crippen molar-refractivity contribution in [2.75, 3.05) is 0 Å². The van der Waals surface area contributed by atoms with Crippen LogP contribution >= 0.6 is 0 Å². The molecule has 1 amide bonds. The lowest BCUT2D eigenvalue weighted by Gasteiger charge is -2.61. The number of primary amides is 1. The Bertz CT molecular complexity index is 2140. The van der Waals surface area contributed by atoms with Gasteiger partial charge in [-0.05, 0) is 198 Å². The van der Waals surface area contributed by atoms with E-state index in [4.69, 9.17) is 11.0 Å². The summed E-state index contributed by atoms with van der Waals surface area (Å²) in [6, 6.07) is 1.98. The molecule has 8 fully saturated rings. The van der Waals surface area contributed by atoms with E-state index in [2.05, 4.69) is 48.3 Å². The van der Waals surface area contributed by atoms with Crippen LogP contribution in [-0.4, -0.2) is 68.9 Å². The number of aliphatic hydroxyl groups is 2. The minimum atomic E-state index is -0.622. The van der Waals surface area contributed by atoms with E-state index in [9.17, 15) is 24.6 Å². The molecule has 0 radical (unpaired) electrons. The zero-order chi connectivity index (χ0) is 44.9. The molecule has 0 spiro atoms. The summed E-state index contributed by atoms with van der Waals surface area (Å²) in [5.41, 5.74) is 5.47. The summed E-state index contributed by atoms with van der Waals surface area (Å²) in [5.74, 6) is 5.36. The average Bonchev–Trinajstić information content (AvgIpc) is 4.03. The van der Waals surface area contributed by atoms with E-state index in [0.29, 0.717) is 40.4 Å². The molecule has 0 aliphatic heterocycles. The topological polar surface area (TPSA) is 203 Å². The quantitative estimate of drug-likeness (QED) is 0.244. The van der Waals surface area contributed by atoms with Crippen molar-refractivity contribution in [3.05, 3.63) is 23.8 Å². The summed E-state index contributed by atoms with van der Waals surface area (Å²) < 4.78 is 2.99. The molecular weight excluding hydrogens is 805 g/mol. The molecule has 0 saturated heterocycles. The molecule has 0 aromatic carbocycles. The van der Waals surface area contributed by atoms with Crippen molar-refractivity contribution in [3.8, 4) is 6.07 Å². The lowest BCUT2D eigenvalue weighted by Crippen LogP contribution is -2.55. The zero-order valence-corrected chi connectivity index (χ0v) is 38.9. The SMILES string of the molecule is C.C[C@@]1(O)CC[C@@]2(C)[C@H](CC[C@@H]3[C@@H]2CC[C@]2(C)[C@@H](C(=O)Cn4cc(C#N)nn4)CC[C@@H]32)C1.C[C@@]1(O)CC[C@@]2(C)[C@H](CC[C@@H]3[C@@H]2CC[C@]2(C)[C@@H](C(=O)Cn4cc(C(N)=O)nn4)CC[C@@H]32)C1. The molecule has 13 nitrogen and oxygen atoms in total. The van der Waals surface area contributed by atoms with Gasteiger partial charge in [0, 0.05) is 11.8 Å². The number of rotatable bonds is 7. The maximum Gasteiger partial charge on any atom is 0.270 e. The molecule has 4 N–H and O–H groups in total. The van der Waals surface area contributed by atoms with Crippen LogP contribution in [0, 0.1) is 92.2 Å². The summed E-state index contributed by atoms with van der Waals surface area (Å²) in [6.07, 6.45) is 22.9. The van der Waals surface area contributed by atoms with Crippen LogP contribution < -0.4 is 5.73 Å². The maximum absolute atomic E-state index is 13.3. The molecule has 2 aromatic heterocycles. The maximum atomic E-state index is 13.3. The summed E-state index contributed by atoms with van der Waals surface area (Å²) in [6.45, 7) is 14.2. The van der Waals surface area contributed by atoms with Crippen LogP contribution in [0.5, 0.6) is 0 Å². The Morgan fingerprint density at radius 1 is 0.625 bits per heavy atom. The van der Waals surface area contributed by atoms with Crippen LogP contribution in [0.3, 0.4) is 0 Å². The fourth-order valence-corrected chi connectivity index (χ4v) is 17.4. The van der Waals surface area contributed by atoms with Crippen molar-refractivity contribution in [1.29, 1.82) is 5.26 Å². The van der Waals surface area contributed by atoms with Gasteiger partial charge in [-0.1, -0.05) is 45.5 Å². The molecule has 10 rings (SSSR count). The molecule has 0 unspecified atom stereocenters. The molecule has 0 bridgehead atoms. The van der Waals surface area contributed by atoms with Crippen LogP contribution in [0.25, 0.3) is 0 Å². The Labute approximate surface area is 381 Å². The average molecular weight is 883 g/mol. The number of nitrogens with zero attached hydrogens (tertiary/aromatic N) is 7. The van der Waals surface area contributed by atoms with E-state index in [1.54, 1.807) is 6.20 Å². The number of ketones is 2. The van der Waals surface area contributed by atoms with Gasteiger partial charge in [0.05, 0.1) is 23.6 Å². The van der Waals surface area contributed by atoms with E-state index in [0.717, 1.165) is 94.8 Å². The molecule has 16 atom stereocenters. The van der Waals surface area contributed by atoms with Crippen LogP contribution in [0.1, 0.15) is 181 Å². The Morgan fingerprint density at radius 2 is 1.06 bits per heavy atom. The summed E-state index contributed by atoms with van der Waals surface area (Å²) in [5, 5.41) is 45.8. The monoisotopic (exact) mass is 883 g/mol. The zero-order valence-electron chi connectivity index (χ0n) is 38.9. The van der Waals surface area contributed by atoms with E-state index >= 15 is 0 Å². The Morgan fingerprint density at radius 3 is 1.48 bits per heavy atom. The highest BCUT2D eigenvalue weighted by atomic mass is 16.3. The first kappa shape index (κ1) is 47.0. The fourth-order valence-electron chi connectivity index (χ4n) is 17.4. The van der Waals surface area contributed by atoms with Gasteiger partial charge in [0.25, 0.3) is 5.91 Å². The van der Waals surface area contributed by atoms with Crippen molar-refractivity contribution < 1.29 is 24.6 Å². The van der Waals surface area contributed by atoms with E-state index in [1.807, 2.05) is 19.9 Å². The molecular formula is C51H78N8O5. The number of hydrogen-bond acceptors (Lipinski definition) is 10. The number of hydrogen-bond donors (Lipinski definition) is 3. The second-order valence-electron chi connectivity index (χ2n) is 24.1. The first-order valence-electron chi connectivity index (χ1n) is 24.7. The minimum absolute atomic E-state index is 0. The first-order chi connectivity index (χ1) is 29.7. The van der Waals surface area contributed by atoms with E-state index in [-0.39, 0.29) is 66.1 Å². The van der Waals surface area contributed by atoms with Gasteiger partial charge < -0.3 is 15.9 Å². The predicted molar refractivity (Wildman–Crippen MR) is 242 cm³/mol. The van der Waals surface area contributed by atoms with E-state index in [1.165, 1.54) is 54.1 Å². The molecule has 2 aromatic rings. The van der Waals surface area contributed by atoms with Crippen LogP contribution in [0.15, 0.2) is 12.4 Å². The van der Waals surface area contributed by atoms with Gasteiger partial charge in [-0.25, -0.2) is 9.36 Å². The molecule has 352 valence electrons. The number of carbonyl (C=O) groups excluding carboxylic acids is 3. The normalized spacial score (nSPS) is 45.3. The molecule has 64 heavy (non-hydrogen) atoms. The van der Waals surface area contributed by atoms with Crippen LogP contribution in [-0.2, 0) is 22.7 Å². The second kappa shape index (κ2) is 16.7. The fraction of sp³-hybridized carbons (Fsp3) is 0.843. The molecule has 13 heteroatoms. The third kappa shape index (κ3) is 7.90. The number of nitrogens with two attached hydrogens (primary N) is 1. The van der Waals surface area contributed by atoms with Crippen molar-refractivity contribution in [2.24, 2.45) is 86.6 Å². The smallest absolute Gasteiger partial charge is 0.270 e. The molecule has 8 saturated carbocycles. The van der Waals surface area contributed by atoms with Gasteiger partial charge in [-0.3, -0.25) is 14.4 Å². The number of aromatic nitrogens is 6. The minimum Gasteiger partial charge on any atom is -0.390 e. The van der Waals surface area contributed by atoms with Crippen LogP contribution in [0.2, 0.25) is 0 Å². The Hall–Kier alpha value is -3.50. The molecule has 8 aliphatic rings. The lowest BCUT2D eigenvalue weighted by atomic mass is 9.44. The number of nitriles is 1. The number of fused-ring (bicyclic) bond motifs is 10. The van der Waals surface area contributed by atoms with Crippen LogP contribution in [0.4, 0.5) is 0 Å². The third-order valence-corrected chi connectivity index (χ3v) is 20.8. The van der Waals surface area contributed by atoms with Crippen molar-refractivity contribution >= 4 is 17.5 Å². The predicted octanol–water partition coefficient (Wildman–Crippen LogP) is 8.12. The number of amides is 1. The largest absolute Gasteiger partial charge is 0.390 e. The van der Waals surface area contributed by atoms with Crippen molar-refractivity contribution in [2.45, 2.75) is 189 Å². The third-order valence-electron chi connectivity index (χ3n) is 20.8. The number of carbonyl (C=O) groups is 3. The van der Waals surface area contributed by atoms with Gasteiger partial charge >= 0.3 is 0 Å². The standard InChI is InChI=1S/C25H38N4O3.C25H36N4O2.CH4/c1-23(32)10-11-24(2)15(12-23)4-5-16-17-6-7-19(25(17,3)9-8-18(16)24)21(30)14-29-13-20(22(26)31)27-28-29;1-23(31)10-11-24(2)16(12-23)4-5-18-19-6-7-21(25(19,3)9-8-20(18)24)22(30)15-29-14-17(13-26)27-28-29;/h13,15-19,32H,4-12,14H2,1-3H3,(H2,26,31);14,16,18-21,31H,4-12,15H2,1-3H3;1H4/t15-,16+,17+,18+,19-,23-,24+,25+;16-,18+,19+,20+,21-,23-,24+,25+;/m11./s1. The summed E-state index contributed by atoms with van der Waals surface area (Å²) in [4.78, 5) is 37.9. The highest BCUT2D eigenvalue weighted by Crippen LogP contribution is 2.70. The Kier molecular flexibility index (Phi) is 12.2. The van der Waals surface area contributed by atoms with Crippen molar-refractivity contribution in [3.63, 3.8) is 0 Å². The van der Waals surface area contributed by atoms with Crippen molar-refractivity contribution in [1.82, 2.24) is 30.0 Å². The molecule has 2 heterocycles. The van der Waals surface area contributed by atoms with Gasteiger partial charge in [-0.2, -0.15) is 5.26 Å². The van der Waals surface area contributed by atoms with Gasteiger partial charge in [-0.15, -0.1) is 10.2 Å². The summed E-state index contributed by atoms with van der Waals surface area (Å²) in [7, 11) is 0. The Balaban J connectivity index is 0.000000172. The summed E-state index contributed by atoms with van der Waals surface area (Å²) >= 11 is 0. The van der Waals surface area contributed by atoms with E-state index < -0.39 is 17.1 Å². The van der Waals surface area contributed by atoms with Gasteiger partial charge in [0.15, 0.2) is 23.0 Å². The number of Topliss-reactive ketones (excluding diaryl/α,β-unsaturated/α-hetero) is 2. The molecule has 8 aliphatic carbocycles. The first-order valence-corrected chi connectivity index (χ1v) is 24.7. The second-order valence-corrected chi connectivity index (χ2v) is 24.1. The lowest BCUT2D eigenvalue weighted by molar-refractivity contribution is -0.151. The highest BCUT2D eigenvalue weighted by Gasteiger charge is 2.63. The highest BCUT2D eigenvalue weighted by molar-refractivity contribution is 5.90. The van der Waals surface area contributed by atoms with Gasteiger partial charge in [0.2, 0.25) is 0 Å². The van der Waals surface area contributed by atoms with Gasteiger partial charge in [0.1, 0.15) is 19.2 Å².